The number of hydrogen-bond donors (Lipinski definition) is 1. The molecule has 4 rings (SSSR count). The second kappa shape index (κ2) is 6.31. The van der Waals surface area contributed by atoms with Crippen LogP contribution in [-0.2, 0) is 22.3 Å². The molecule has 0 spiro atoms. The van der Waals surface area contributed by atoms with Gasteiger partial charge < -0.3 is 4.74 Å². The number of para-hydroxylation sites is 1. The second-order valence-electron chi connectivity index (χ2n) is 5.82. The first-order chi connectivity index (χ1) is 12.1. The van der Waals surface area contributed by atoms with Gasteiger partial charge in [-0.1, -0.05) is 36.4 Å². The molecule has 0 amide bonds. The third-order valence-corrected chi connectivity index (χ3v) is 5.36. The summed E-state index contributed by atoms with van der Waals surface area (Å²) in [5, 5.41) is 0. The number of fused-ring (bicyclic) bond motifs is 1. The Balaban J connectivity index is 1.65. The van der Waals surface area contributed by atoms with Gasteiger partial charge in [0.25, 0.3) is 0 Å². The number of benzene rings is 2. The Morgan fingerprint density at radius 2 is 1.80 bits per heavy atom. The normalized spacial score (nSPS) is 15.4. The summed E-state index contributed by atoms with van der Waals surface area (Å²) in [5.74, 6) is 1.20. The third-order valence-electron chi connectivity index (χ3n) is 4.10. The van der Waals surface area contributed by atoms with Crippen molar-refractivity contribution in [1.29, 1.82) is 0 Å². The van der Waals surface area contributed by atoms with Crippen LogP contribution in [0.2, 0.25) is 0 Å². The highest BCUT2D eigenvalue weighted by Crippen LogP contribution is 2.31. The molecule has 1 N–H and O–H groups in total. The average molecular weight is 352 g/mol. The lowest BCUT2D eigenvalue weighted by molar-refractivity contribution is 0.463. The van der Waals surface area contributed by atoms with E-state index in [1.807, 2.05) is 54.6 Å². The second-order valence-corrected chi connectivity index (χ2v) is 7.63. The lowest BCUT2D eigenvalue weighted by Crippen LogP contribution is -2.30. The number of ether oxygens (including phenoxy) is 1. The van der Waals surface area contributed by atoms with Crippen LogP contribution in [0.25, 0.3) is 11.1 Å². The maximum atomic E-state index is 11.9. The molecule has 25 heavy (non-hydrogen) atoms. The van der Waals surface area contributed by atoms with E-state index >= 15 is 0 Å². The Morgan fingerprint density at radius 1 is 0.960 bits per heavy atom. The van der Waals surface area contributed by atoms with Gasteiger partial charge in [-0.2, -0.15) is 0 Å². The Hall–Kier alpha value is -2.70. The molecule has 0 bridgehead atoms. The standard InChI is InChI=1S/C19H16N2O3S/c22-25(23)13-18-14(12-21-25)5-4-8-17(18)15-9-10-19(20-11-15)24-16-6-2-1-3-7-16/h1-11,21H,12-13H2. The van der Waals surface area contributed by atoms with Crippen LogP contribution in [0.3, 0.4) is 0 Å². The number of hydrogen-bond acceptors (Lipinski definition) is 4. The topological polar surface area (TPSA) is 68.3 Å². The van der Waals surface area contributed by atoms with Crippen molar-refractivity contribution >= 4 is 10.0 Å². The molecule has 6 heteroatoms. The maximum absolute atomic E-state index is 11.9. The molecule has 0 saturated carbocycles. The summed E-state index contributed by atoms with van der Waals surface area (Å²) in [4.78, 5) is 4.35. The molecule has 0 atom stereocenters. The minimum atomic E-state index is -3.27. The van der Waals surface area contributed by atoms with E-state index in [1.54, 1.807) is 12.3 Å². The summed E-state index contributed by atoms with van der Waals surface area (Å²) in [7, 11) is -3.27. The van der Waals surface area contributed by atoms with Crippen molar-refractivity contribution in [2.75, 3.05) is 0 Å². The van der Waals surface area contributed by atoms with Crippen molar-refractivity contribution in [1.82, 2.24) is 9.71 Å². The lowest BCUT2D eigenvalue weighted by Gasteiger charge is -2.20. The van der Waals surface area contributed by atoms with Crippen LogP contribution in [-0.4, -0.2) is 13.4 Å². The van der Waals surface area contributed by atoms with Gasteiger partial charge in [0, 0.05) is 24.4 Å². The number of nitrogens with one attached hydrogen (secondary N) is 1. The maximum Gasteiger partial charge on any atom is 0.219 e. The SMILES string of the molecule is O=S1(=O)Cc2c(cccc2-c2ccc(Oc3ccccc3)nc2)CN1. The Labute approximate surface area is 146 Å². The van der Waals surface area contributed by atoms with Crippen molar-refractivity contribution in [3.8, 4) is 22.8 Å². The Morgan fingerprint density at radius 3 is 2.56 bits per heavy atom. The van der Waals surface area contributed by atoms with E-state index < -0.39 is 10.0 Å². The van der Waals surface area contributed by atoms with Gasteiger partial charge in [0.05, 0.1) is 5.75 Å². The van der Waals surface area contributed by atoms with Crippen LogP contribution in [0.4, 0.5) is 0 Å². The molecule has 2 heterocycles. The summed E-state index contributed by atoms with van der Waals surface area (Å²) in [6, 6.07) is 18.9. The summed E-state index contributed by atoms with van der Waals surface area (Å²) in [6.45, 7) is 0.328. The highest BCUT2D eigenvalue weighted by Gasteiger charge is 2.23. The van der Waals surface area contributed by atoms with Gasteiger partial charge in [-0.15, -0.1) is 0 Å². The molecular weight excluding hydrogens is 336 g/mol. The molecule has 0 aliphatic carbocycles. The molecule has 1 aliphatic rings. The van der Waals surface area contributed by atoms with E-state index in [2.05, 4.69) is 9.71 Å². The number of nitrogens with zero attached hydrogens (tertiary/aromatic N) is 1. The first-order valence-electron chi connectivity index (χ1n) is 7.88. The first kappa shape index (κ1) is 15.8. The summed E-state index contributed by atoms with van der Waals surface area (Å²) in [6.07, 6.45) is 1.71. The van der Waals surface area contributed by atoms with Gasteiger partial charge in [0.2, 0.25) is 15.9 Å². The molecule has 0 saturated heterocycles. The van der Waals surface area contributed by atoms with Crippen LogP contribution in [0.5, 0.6) is 11.6 Å². The van der Waals surface area contributed by atoms with Crippen molar-refractivity contribution in [2.45, 2.75) is 12.3 Å². The van der Waals surface area contributed by atoms with Crippen LogP contribution >= 0.6 is 0 Å². The average Bonchev–Trinajstić information content (AvgIpc) is 2.62. The van der Waals surface area contributed by atoms with E-state index in [4.69, 9.17) is 4.74 Å². The number of pyridine rings is 1. The van der Waals surface area contributed by atoms with Crippen molar-refractivity contribution in [2.24, 2.45) is 0 Å². The van der Waals surface area contributed by atoms with Crippen LogP contribution in [0.15, 0.2) is 66.9 Å². The molecule has 3 aromatic rings. The van der Waals surface area contributed by atoms with Gasteiger partial charge in [-0.3, -0.25) is 0 Å². The van der Waals surface area contributed by atoms with E-state index in [1.165, 1.54) is 0 Å². The van der Waals surface area contributed by atoms with Crippen molar-refractivity contribution in [3.63, 3.8) is 0 Å². The zero-order valence-corrected chi connectivity index (χ0v) is 14.2. The zero-order chi connectivity index (χ0) is 17.3. The van der Waals surface area contributed by atoms with Crippen LogP contribution < -0.4 is 9.46 Å². The fraction of sp³-hybridized carbons (Fsp3) is 0.105. The van der Waals surface area contributed by atoms with E-state index in [-0.39, 0.29) is 5.75 Å². The van der Waals surface area contributed by atoms with Gasteiger partial charge >= 0.3 is 0 Å². The Bertz CT molecular complexity index is 1000. The minimum absolute atomic E-state index is 0.0131. The van der Waals surface area contributed by atoms with Gasteiger partial charge in [-0.05, 0) is 34.9 Å². The van der Waals surface area contributed by atoms with Gasteiger partial charge in [0.15, 0.2) is 0 Å². The highest BCUT2D eigenvalue weighted by atomic mass is 32.2. The molecule has 5 nitrogen and oxygen atoms in total. The summed E-state index contributed by atoms with van der Waals surface area (Å²) < 4.78 is 32.1. The number of rotatable bonds is 3. The quantitative estimate of drug-likeness (QED) is 0.784. The molecule has 126 valence electrons. The first-order valence-corrected chi connectivity index (χ1v) is 9.53. The largest absolute Gasteiger partial charge is 0.439 e. The van der Waals surface area contributed by atoms with Crippen molar-refractivity contribution < 1.29 is 13.2 Å². The third kappa shape index (κ3) is 3.40. The molecule has 0 unspecified atom stereocenters. The van der Waals surface area contributed by atoms with Gasteiger partial charge in [-0.25, -0.2) is 18.1 Å². The summed E-state index contributed by atoms with van der Waals surface area (Å²) in [5.41, 5.74) is 3.59. The molecule has 0 fully saturated rings. The van der Waals surface area contributed by atoms with E-state index in [9.17, 15) is 8.42 Å². The molecule has 0 radical (unpaired) electrons. The fourth-order valence-electron chi connectivity index (χ4n) is 2.88. The Kier molecular flexibility index (Phi) is 3.99. The molecular formula is C19H16N2O3S. The zero-order valence-electron chi connectivity index (χ0n) is 13.3. The molecule has 1 aliphatic heterocycles. The van der Waals surface area contributed by atoms with E-state index in [0.717, 1.165) is 28.0 Å². The number of sulfonamides is 1. The van der Waals surface area contributed by atoms with Crippen LogP contribution in [0.1, 0.15) is 11.1 Å². The summed E-state index contributed by atoms with van der Waals surface area (Å²) >= 11 is 0. The molecule has 1 aromatic heterocycles. The lowest BCUT2D eigenvalue weighted by atomic mass is 9.97. The predicted molar refractivity (Wildman–Crippen MR) is 95.7 cm³/mol. The number of aromatic nitrogens is 1. The predicted octanol–water partition coefficient (Wildman–Crippen LogP) is 3.47. The van der Waals surface area contributed by atoms with E-state index in [0.29, 0.717) is 12.4 Å². The minimum Gasteiger partial charge on any atom is -0.439 e. The smallest absolute Gasteiger partial charge is 0.219 e. The molecule has 2 aromatic carbocycles. The fourth-order valence-corrected chi connectivity index (χ4v) is 4.08. The highest BCUT2D eigenvalue weighted by molar-refractivity contribution is 7.88. The van der Waals surface area contributed by atoms with Crippen molar-refractivity contribution in [3.05, 3.63) is 78.0 Å². The van der Waals surface area contributed by atoms with Crippen LogP contribution in [0, 0.1) is 0 Å². The monoisotopic (exact) mass is 352 g/mol. The van der Waals surface area contributed by atoms with Gasteiger partial charge in [0.1, 0.15) is 5.75 Å².